The van der Waals surface area contributed by atoms with E-state index >= 15 is 0 Å². The number of nitrogens with one attached hydrogen (secondary N) is 2. The molecule has 6 nitrogen and oxygen atoms in total. The zero-order valence-corrected chi connectivity index (χ0v) is 16.5. The second-order valence-electron chi connectivity index (χ2n) is 5.69. The number of aryl methyl sites for hydroxylation is 2. The minimum Gasteiger partial charge on any atom is -0.273 e. The van der Waals surface area contributed by atoms with Crippen LogP contribution >= 0.6 is 22.7 Å². The normalized spacial score (nSPS) is 11.3. The maximum absolute atomic E-state index is 11.7. The number of thiophene rings is 2. The van der Waals surface area contributed by atoms with Gasteiger partial charge in [0.2, 0.25) is 11.8 Å². The molecule has 0 unspecified atom stereocenters. The van der Waals surface area contributed by atoms with Gasteiger partial charge in [0.25, 0.3) is 0 Å². The first-order valence-electron chi connectivity index (χ1n) is 8.29. The molecule has 0 aromatic carbocycles. The predicted octanol–water partition coefficient (Wildman–Crippen LogP) is 3.59. The second-order valence-corrected chi connectivity index (χ2v) is 8.33. The molecule has 0 saturated carbocycles. The van der Waals surface area contributed by atoms with Crippen molar-refractivity contribution in [2.24, 2.45) is 10.2 Å². The first kappa shape index (κ1) is 20.0. The first-order chi connectivity index (χ1) is 12.5. The highest BCUT2D eigenvalue weighted by Crippen LogP contribution is 2.13. The Morgan fingerprint density at radius 1 is 0.846 bits per heavy atom. The van der Waals surface area contributed by atoms with Gasteiger partial charge in [-0.15, -0.1) is 22.7 Å². The van der Waals surface area contributed by atoms with Crippen molar-refractivity contribution < 1.29 is 9.59 Å². The topological polar surface area (TPSA) is 82.9 Å². The lowest BCUT2D eigenvalue weighted by molar-refractivity contribution is -0.123. The van der Waals surface area contributed by atoms with Crippen molar-refractivity contribution in [1.29, 1.82) is 0 Å². The Balaban J connectivity index is 1.54. The van der Waals surface area contributed by atoms with Crippen LogP contribution in [-0.2, 0) is 9.59 Å². The van der Waals surface area contributed by atoms with E-state index in [9.17, 15) is 9.59 Å². The van der Waals surface area contributed by atoms with E-state index in [1.54, 1.807) is 35.1 Å². The maximum Gasteiger partial charge on any atom is 0.240 e. The zero-order chi connectivity index (χ0) is 18.8. The molecule has 0 fully saturated rings. The number of unbranched alkanes of at least 4 members (excludes halogenated alkanes) is 1. The number of hydrogen-bond acceptors (Lipinski definition) is 6. The molecule has 26 heavy (non-hydrogen) atoms. The van der Waals surface area contributed by atoms with E-state index in [0.717, 1.165) is 9.75 Å². The Morgan fingerprint density at radius 3 is 1.62 bits per heavy atom. The quantitative estimate of drug-likeness (QED) is 0.390. The number of carbonyl (C=O) groups is 2. The van der Waals surface area contributed by atoms with Gasteiger partial charge in [0, 0.05) is 32.4 Å². The van der Waals surface area contributed by atoms with E-state index in [1.165, 1.54) is 9.75 Å². The van der Waals surface area contributed by atoms with E-state index in [4.69, 9.17) is 0 Å². The maximum atomic E-state index is 11.7. The monoisotopic (exact) mass is 390 g/mol. The highest BCUT2D eigenvalue weighted by atomic mass is 32.1. The average Bonchev–Trinajstić information content (AvgIpc) is 3.20. The SMILES string of the molecule is Cc1ccc(C=NNC(=O)CCCCC(=O)NN=Cc2ccc(C)s2)s1. The Hall–Kier alpha value is -2.32. The number of rotatable bonds is 9. The summed E-state index contributed by atoms with van der Waals surface area (Å²) in [6.07, 6.45) is 5.20. The molecule has 2 N–H and O–H groups in total. The molecule has 2 heterocycles. The van der Waals surface area contributed by atoms with Crippen LogP contribution in [0.25, 0.3) is 0 Å². The van der Waals surface area contributed by atoms with Crippen molar-refractivity contribution in [2.45, 2.75) is 39.5 Å². The van der Waals surface area contributed by atoms with Crippen molar-refractivity contribution in [2.75, 3.05) is 0 Å². The van der Waals surface area contributed by atoms with Gasteiger partial charge in [-0.1, -0.05) is 0 Å². The van der Waals surface area contributed by atoms with Crippen LogP contribution in [0.2, 0.25) is 0 Å². The van der Waals surface area contributed by atoms with E-state index < -0.39 is 0 Å². The van der Waals surface area contributed by atoms with E-state index in [2.05, 4.69) is 21.1 Å². The third-order valence-corrected chi connectivity index (χ3v) is 5.21. The van der Waals surface area contributed by atoms with Crippen LogP contribution < -0.4 is 10.9 Å². The van der Waals surface area contributed by atoms with Gasteiger partial charge in [0.05, 0.1) is 12.4 Å². The van der Waals surface area contributed by atoms with Gasteiger partial charge in [-0.05, 0) is 51.0 Å². The number of nitrogens with zero attached hydrogens (tertiary/aromatic N) is 2. The number of amides is 2. The zero-order valence-electron chi connectivity index (χ0n) is 14.8. The third-order valence-electron chi connectivity index (χ3n) is 3.34. The molecule has 0 saturated heterocycles. The summed E-state index contributed by atoms with van der Waals surface area (Å²) in [5.41, 5.74) is 4.99. The lowest BCUT2D eigenvalue weighted by Crippen LogP contribution is -2.18. The van der Waals surface area contributed by atoms with Crippen LogP contribution in [-0.4, -0.2) is 24.2 Å². The lowest BCUT2D eigenvalue weighted by Gasteiger charge is -2.00. The third kappa shape index (κ3) is 7.71. The van der Waals surface area contributed by atoms with E-state index in [1.807, 2.05) is 38.1 Å². The largest absolute Gasteiger partial charge is 0.273 e. The molecule has 0 aliphatic rings. The Morgan fingerprint density at radius 2 is 1.27 bits per heavy atom. The molecule has 2 aromatic rings. The van der Waals surface area contributed by atoms with Crippen molar-refractivity contribution in [1.82, 2.24) is 10.9 Å². The Bertz CT molecular complexity index is 726. The van der Waals surface area contributed by atoms with Gasteiger partial charge in [0.15, 0.2) is 0 Å². The molecule has 0 aliphatic heterocycles. The summed E-state index contributed by atoms with van der Waals surface area (Å²) in [4.78, 5) is 27.7. The highest BCUT2D eigenvalue weighted by Gasteiger charge is 2.03. The van der Waals surface area contributed by atoms with Crippen LogP contribution in [0.15, 0.2) is 34.5 Å². The smallest absolute Gasteiger partial charge is 0.240 e. The molecule has 2 rings (SSSR count). The molecular formula is C18H22N4O2S2. The summed E-state index contributed by atoms with van der Waals surface area (Å²) < 4.78 is 0. The molecule has 138 valence electrons. The molecular weight excluding hydrogens is 368 g/mol. The molecule has 0 bridgehead atoms. The van der Waals surface area contributed by atoms with Gasteiger partial charge in [0.1, 0.15) is 0 Å². The van der Waals surface area contributed by atoms with Crippen LogP contribution in [0, 0.1) is 13.8 Å². The van der Waals surface area contributed by atoms with Crippen molar-refractivity contribution in [3.8, 4) is 0 Å². The van der Waals surface area contributed by atoms with Crippen LogP contribution in [0.4, 0.5) is 0 Å². The van der Waals surface area contributed by atoms with Crippen molar-refractivity contribution in [3.05, 3.63) is 43.8 Å². The molecule has 2 amide bonds. The van der Waals surface area contributed by atoms with Gasteiger partial charge in [-0.2, -0.15) is 10.2 Å². The summed E-state index contributed by atoms with van der Waals surface area (Å²) in [6, 6.07) is 7.92. The standard InChI is InChI=1S/C18H22N4O2S2/c1-13-7-9-15(25-13)11-19-21-17(23)5-3-4-6-18(24)22-20-12-16-10-8-14(2)26-16/h7-12H,3-6H2,1-2H3,(H,21,23)(H,22,24). The molecule has 0 spiro atoms. The summed E-state index contributed by atoms with van der Waals surface area (Å²) in [5, 5.41) is 7.86. The fraction of sp³-hybridized carbons (Fsp3) is 0.333. The van der Waals surface area contributed by atoms with Crippen LogP contribution in [0.1, 0.15) is 45.2 Å². The molecule has 8 heteroatoms. The fourth-order valence-corrected chi connectivity index (χ4v) is 3.56. The summed E-state index contributed by atoms with van der Waals surface area (Å²) in [5.74, 6) is -0.304. The van der Waals surface area contributed by atoms with Gasteiger partial charge >= 0.3 is 0 Å². The summed E-state index contributed by atoms with van der Waals surface area (Å²) in [6.45, 7) is 4.04. The Labute approximate surface area is 161 Å². The van der Waals surface area contributed by atoms with Gasteiger partial charge in [-0.25, -0.2) is 10.9 Å². The first-order valence-corrected chi connectivity index (χ1v) is 9.93. The summed E-state index contributed by atoms with van der Waals surface area (Å²) in [7, 11) is 0. The van der Waals surface area contributed by atoms with E-state index in [0.29, 0.717) is 25.7 Å². The number of hydrogen-bond donors (Lipinski definition) is 2. The van der Waals surface area contributed by atoms with Crippen LogP contribution in [0.5, 0.6) is 0 Å². The average molecular weight is 391 g/mol. The minimum absolute atomic E-state index is 0.152. The fourth-order valence-electron chi connectivity index (χ4n) is 2.06. The molecule has 0 radical (unpaired) electrons. The molecule has 0 aliphatic carbocycles. The molecule has 0 atom stereocenters. The van der Waals surface area contributed by atoms with Crippen LogP contribution in [0.3, 0.4) is 0 Å². The second kappa shape index (κ2) is 10.6. The molecule has 2 aromatic heterocycles. The van der Waals surface area contributed by atoms with Gasteiger partial charge < -0.3 is 0 Å². The number of carbonyl (C=O) groups excluding carboxylic acids is 2. The van der Waals surface area contributed by atoms with Crippen molar-refractivity contribution >= 4 is 46.9 Å². The highest BCUT2D eigenvalue weighted by molar-refractivity contribution is 7.13. The number of hydrazone groups is 2. The summed E-state index contributed by atoms with van der Waals surface area (Å²) >= 11 is 3.23. The Kier molecular flexibility index (Phi) is 8.17. The van der Waals surface area contributed by atoms with Gasteiger partial charge in [-0.3, -0.25) is 9.59 Å². The van der Waals surface area contributed by atoms with E-state index in [-0.39, 0.29) is 11.8 Å². The predicted molar refractivity (Wildman–Crippen MR) is 108 cm³/mol. The minimum atomic E-state index is -0.152. The lowest BCUT2D eigenvalue weighted by atomic mass is 10.2. The van der Waals surface area contributed by atoms with Crippen molar-refractivity contribution in [3.63, 3.8) is 0 Å².